The van der Waals surface area contributed by atoms with Gasteiger partial charge >= 0.3 is 0 Å². The van der Waals surface area contributed by atoms with E-state index >= 15 is 0 Å². The number of nitrogens with two attached hydrogens (primary N) is 1. The Morgan fingerprint density at radius 2 is 2.10 bits per heavy atom. The van der Waals surface area contributed by atoms with Crippen molar-refractivity contribution in [3.05, 3.63) is 23.8 Å². The van der Waals surface area contributed by atoms with Gasteiger partial charge in [0.25, 0.3) is 0 Å². The molecule has 0 amide bonds. The smallest absolute Gasteiger partial charge is 0.161 e. The predicted molar refractivity (Wildman–Crippen MR) is 84.1 cm³/mol. The summed E-state index contributed by atoms with van der Waals surface area (Å²) in [5.41, 5.74) is 7.60. The molecule has 3 rings (SSSR count). The number of likely N-dealkylation sites (N-methyl/N-ethyl adjacent to an activating group) is 1. The first-order chi connectivity index (χ1) is 10.0. The molecule has 0 radical (unpaired) electrons. The standard InChI is InChI=1S/C17H26N2O2/c1-12(18)17(7-8-17)13-4-5-15(16(10-13)20-3)21-14-6-9-19(2)11-14/h4-5,10,12,14H,6-9,11,18H2,1-3H3. The maximum absolute atomic E-state index is 6.16. The molecule has 2 aliphatic rings. The topological polar surface area (TPSA) is 47.7 Å². The normalized spacial score (nSPS) is 25.6. The Morgan fingerprint density at radius 3 is 2.62 bits per heavy atom. The van der Waals surface area contributed by atoms with Gasteiger partial charge in [0.05, 0.1) is 7.11 Å². The minimum Gasteiger partial charge on any atom is -0.493 e. The number of nitrogens with zero attached hydrogens (tertiary/aromatic N) is 1. The molecule has 2 fully saturated rings. The molecule has 21 heavy (non-hydrogen) atoms. The first kappa shape index (κ1) is 14.7. The molecular weight excluding hydrogens is 264 g/mol. The third-order valence-corrected chi connectivity index (χ3v) is 5.04. The van der Waals surface area contributed by atoms with E-state index in [1.807, 2.05) is 0 Å². The van der Waals surface area contributed by atoms with Gasteiger partial charge in [-0.3, -0.25) is 0 Å². The lowest BCUT2D eigenvalue weighted by Crippen LogP contribution is -2.31. The number of hydrogen-bond donors (Lipinski definition) is 1. The van der Waals surface area contributed by atoms with Crippen molar-refractivity contribution in [1.82, 2.24) is 4.90 Å². The summed E-state index contributed by atoms with van der Waals surface area (Å²) in [4.78, 5) is 2.29. The molecule has 0 bridgehead atoms. The van der Waals surface area contributed by atoms with Crippen molar-refractivity contribution in [1.29, 1.82) is 0 Å². The van der Waals surface area contributed by atoms with E-state index in [-0.39, 0.29) is 17.6 Å². The van der Waals surface area contributed by atoms with E-state index in [0.29, 0.717) is 0 Å². The van der Waals surface area contributed by atoms with Gasteiger partial charge in [0.1, 0.15) is 6.10 Å². The number of methoxy groups -OCH3 is 1. The van der Waals surface area contributed by atoms with Gasteiger partial charge in [0.15, 0.2) is 11.5 Å². The zero-order chi connectivity index (χ0) is 15.0. The molecule has 1 aromatic rings. The number of likely N-dealkylation sites (tertiary alicyclic amines) is 1. The highest BCUT2D eigenvalue weighted by atomic mass is 16.5. The van der Waals surface area contributed by atoms with Gasteiger partial charge in [-0.2, -0.15) is 0 Å². The number of ether oxygens (including phenoxy) is 2. The van der Waals surface area contributed by atoms with Gasteiger partial charge in [-0.05, 0) is 50.9 Å². The molecule has 2 atom stereocenters. The molecule has 2 N–H and O–H groups in total. The SMILES string of the molecule is COc1cc(C2(C(C)N)CC2)ccc1OC1CCN(C)C1. The summed E-state index contributed by atoms with van der Waals surface area (Å²) in [6.07, 6.45) is 3.67. The van der Waals surface area contributed by atoms with Gasteiger partial charge in [0.2, 0.25) is 0 Å². The van der Waals surface area contributed by atoms with Crippen LogP contribution in [0.2, 0.25) is 0 Å². The van der Waals surface area contributed by atoms with Crippen LogP contribution in [-0.4, -0.2) is 44.3 Å². The van der Waals surface area contributed by atoms with Crippen LogP contribution in [-0.2, 0) is 5.41 Å². The van der Waals surface area contributed by atoms with Crippen LogP contribution in [0.15, 0.2) is 18.2 Å². The van der Waals surface area contributed by atoms with Gasteiger partial charge in [-0.25, -0.2) is 0 Å². The summed E-state index contributed by atoms with van der Waals surface area (Å²) in [7, 11) is 3.83. The lowest BCUT2D eigenvalue weighted by Gasteiger charge is -2.22. The minimum atomic E-state index is 0.152. The van der Waals surface area contributed by atoms with Crippen LogP contribution in [0.5, 0.6) is 11.5 Å². The Bertz CT molecular complexity index is 512. The van der Waals surface area contributed by atoms with Crippen molar-refractivity contribution >= 4 is 0 Å². The number of benzene rings is 1. The first-order valence-electron chi connectivity index (χ1n) is 7.84. The van der Waals surface area contributed by atoms with Gasteiger partial charge < -0.3 is 20.1 Å². The average molecular weight is 290 g/mol. The molecule has 4 heteroatoms. The van der Waals surface area contributed by atoms with Crippen molar-refractivity contribution in [2.75, 3.05) is 27.2 Å². The van der Waals surface area contributed by atoms with Gasteiger partial charge in [0, 0.05) is 24.5 Å². The Hall–Kier alpha value is -1.26. The van der Waals surface area contributed by atoms with Crippen molar-refractivity contribution < 1.29 is 9.47 Å². The summed E-state index contributed by atoms with van der Waals surface area (Å²) in [5.74, 6) is 1.68. The fraction of sp³-hybridized carbons (Fsp3) is 0.647. The maximum atomic E-state index is 6.16. The fourth-order valence-corrected chi connectivity index (χ4v) is 3.39. The van der Waals surface area contributed by atoms with Crippen molar-refractivity contribution in [2.45, 2.75) is 43.7 Å². The lowest BCUT2D eigenvalue weighted by atomic mass is 9.89. The zero-order valence-electron chi connectivity index (χ0n) is 13.3. The van der Waals surface area contributed by atoms with Gasteiger partial charge in [-0.1, -0.05) is 6.07 Å². The largest absolute Gasteiger partial charge is 0.493 e. The molecule has 1 aromatic carbocycles. The number of rotatable bonds is 5. The maximum Gasteiger partial charge on any atom is 0.161 e. The summed E-state index contributed by atoms with van der Waals surface area (Å²) in [6, 6.07) is 6.50. The summed E-state index contributed by atoms with van der Waals surface area (Å²) in [5, 5.41) is 0. The third-order valence-electron chi connectivity index (χ3n) is 5.04. The quantitative estimate of drug-likeness (QED) is 0.903. The third kappa shape index (κ3) is 2.74. The summed E-state index contributed by atoms with van der Waals surface area (Å²) >= 11 is 0. The summed E-state index contributed by atoms with van der Waals surface area (Å²) < 4.78 is 11.7. The molecule has 116 valence electrons. The lowest BCUT2D eigenvalue weighted by molar-refractivity contribution is 0.199. The molecule has 1 heterocycles. The first-order valence-corrected chi connectivity index (χ1v) is 7.84. The Balaban J connectivity index is 1.79. The zero-order valence-corrected chi connectivity index (χ0v) is 13.3. The molecule has 1 aliphatic carbocycles. The van der Waals surface area contributed by atoms with Crippen LogP contribution in [0.3, 0.4) is 0 Å². The van der Waals surface area contributed by atoms with Crippen LogP contribution in [0.1, 0.15) is 31.7 Å². The van der Waals surface area contributed by atoms with E-state index in [1.54, 1.807) is 7.11 Å². The molecule has 1 saturated carbocycles. The van der Waals surface area contributed by atoms with Crippen LogP contribution in [0.25, 0.3) is 0 Å². The van der Waals surface area contributed by atoms with E-state index in [1.165, 1.54) is 18.4 Å². The highest BCUT2D eigenvalue weighted by molar-refractivity contribution is 5.47. The van der Waals surface area contributed by atoms with E-state index in [2.05, 4.69) is 37.1 Å². The molecular formula is C17H26N2O2. The molecule has 4 nitrogen and oxygen atoms in total. The molecule has 1 aliphatic heterocycles. The second-order valence-corrected chi connectivity index (χ2v) is 6.60. The molecule has 0 aromatic heterocycles. The fourth-order valence-electron chi connectivity index (χ4n) is 3.39. The Morgan fingerprint density at radius 1 is 1.33 bits per heavy atom. The minimum absolute atomic E-state index is 0.152. The van der Waals surface area contributed by atoms with E-state index in [4.69, 9.17) is 15.2 Å². The Kier molecular flexibility index (Phi) is 3.84. The monoisotopic (exact) mass is 290 g/mol. The van der Waals surface area contributed by atoms with Crippen LogP contribution in [0, 0.1) is 0 Å². The van der Waals surface area contributed by atoms with E-state index < -0.39 is 0 Å². The van der Waals surface area contributed by atoms with Crippen molar-refractivity contribution in [3.8, 4) is 11.5 Å². The predicted octanol–water partition coefficient (Wildman–Crippen LogP) is 2.16. The average Bonchev–Trinajstić information content (AvgIpc) is 3.18. The van der Waals surface area contributed by atoms with Gasteiger partial charge in [-0.15, -0.1) is 0 Å². The number of hydrogen-bond acceptors (Lipinski definition) is 4. The molecule has 1 saturated heterocycles. The van der Waals surface area contributed by atoms with Crippen LogP contribution in [0.4, 0.5) is 0 Å². The second-order valence-electron chi connectivity index (χ2n) is 6.60. The van der Waals surface area contributed by atoms with Crippen LogP contribution >= 0.6 is 0 Å². The highest BCUT2D eigenvalue weighted by Gasteiger charge is 2.47. The second kappa shape index (κ2) is 5.50. The molecule has 2 unspecified atom stereocenters. The van der Waals surface area contributed by atoms with E-state index in [9.17, 15) is 0 Å². The van der Waals surface area contributed by atoms with Crippen LogP contribution < -0.4 is 15.2 Å². The van der Waals surface area contributed by atoms with Crippen molar-refractivity contribution in [3.63, 3.8) is 0 Å². The summed E-state index contributed by atoms with van der Waals surface area (Å²) in [6.45, 7) is 4.17. The highest BCUT2D eigenvalue weighted by Crippen LogP contribution is 2.51. The molecule has 0 spiro atoms. The Labute approximate surface area is 127 Å². The van der Waals surface area contributed by atoms with E-state index in [0.717, 1.165) is 31.0 Å². The van der Waals surface area contributed by atoms with Crippen molar-refractivity contribution in [2.24, 2.45) is 5.73 Å².